The van der Waals surface area contributed by atoms with E-state index in [0.29, 0.717) is 48.0 Å². The fourth-order valence-electron chi connectivity index (χ4n) is 9.06. The first-order valence-electron chi connectivity index (χ1n) is 11.7. The Labute approximate surface area is 165 Å². The molecule has 4 aliphatic rings. The van der Waals surface area contributed by atoms with E-state index in [9.17, 15) is 15.3 Å². The normalized spacial score (nSPS) is 56.1. The minimum Gasteiger partial charge on any atom is -0.396 e. The highest BCUT2D eigenvalue weighted by Crippen LogP contribution is 2.69. The predicted octanol–water partition coefficient (Wildman–Crippen LogP) is 4.24. The first kappa shape index (κ1) is 20.2. The number of hydrogen-bond donors (Lipinski definition) is 3. The van der Waals surface area contributed by atoms with Crippen LogP contribution in [0.4, 0.5) is 0 Å². The van der Waals surface area contributed by atoms with Crippen molar-refractivity contribution in [3.05, 3.63) is 0 Å². The third-order valence-corrected chi connectivity index (χ3v) is 10.4. The molecule has 11 atom stereocenters. The van der Waals surface area contributed by atoms with Crippen molar-refractivity contribution < 1.29 is 15.3 Å². The number of aliphatic hydroxyl groups excluding tert-OH is 3. The first-order valence-corrected chi connectivity index (χ1v) is 11.7. The van der Waals surface area contributed by atoms with Gasteiger partial charge in [-0.3, -0.25) is 0 Å². The van der Waals surface area contributed by atoms with E-state index in [1.807, 2.05) is 0 Å². The van der Waals surface area contributed by atoms with Crippen LogP contribution in [0.15, 0.2) is 0 Å². The molecule has 3 nitrogen and oxygen atoms in total. The second-order valence-electron chi connectivity index (χ2n) is 11.3. The van der Waals surface area contributed by atoms with Gasteiger partial charge in [0, 0.05) is 6.61 Å². The molecular formula is C24H42O3. The standard InChI is InChI=1S/C24H42O3/c1-5-16-20-12-15(26)8-10-24(20,4)19-9-11-23(3)17(14(2)13-25)6-7-18(23)21(19)22(16)27/h14-22,25-27H,5-13H2,1-4H3/t14-,15-,16-,17-,18?,19?,20+,21?,22-,23-,24-/m1/s1. The summed E-state index contributed by atoms with van der Waals surface area (Å²) in [6.07, 6.45) is 8.52. The maximum atomic E-state index is 11.6. The lowest BCUT2D eigenvalue weighted by molar-refractivity contribution is -0.203. The van der Waals surface area contributed by atoms with Gasteiger partial charge in [0.15, 0.2) is 0 Å². The zero-order chi connectivity index (χ0) is 19.6. The summed E-state index contributed by atoms with van der Waals surface area (Å²) in [5, 5.41) is 31.8. The van der Waals surface area contributed by atoms with Crippen LogP contribution in [-0.2, 0) is 0 Å². The van der Waals surface area contributed by atoms with Crippen molar-refractivity contribution in [2.75, 3.05) is 6.61 Å². The van der Waals surface area contributed by atoms with Gasteiger partial charge >= 0.3 is 0 Å². The average molecular weight is 379 g/mol. The number of fused-ring (bicyclic) bond motifs is 5. The topological polar surface area (TPSA) is 60.7 Å². The summed E-state index contributed by atoms with van der Waals surface area (Å²) in [6.45, 7) is 9.73. The lowest BCUT2D eigenvalue weighted by Gasteiger charge is -2.64. The molecule has 0 saturated heterocycles. The van der Waals surface area contributed by atoms with Gasteiger partial charge in [-0.2, -0.15) is 0 Å². The van der Waals surface area contributed by atoms with Gasteiger partial charge in [0.1, 0.15) is 0 Å². The fourth-order valence-corrected chi connectivity index (χ4v) is 9.06. The summed E-state index contributed by atoms with van der Waals surface area (Å²) in [5.74, 6) is 3.40. The molecule has 3 heteroatoms. The van der Waals surface area contributed by atoms with E-state index in [-0.39, 0.29) is 23.0 Å². The monoisotopic (exact) mass is 378 g/mol. The van der Waals surface area contributed by atoms with Gasteiger partial charge in [-0.05, 0) is 97.2 Å². The molecule has 4 rings (SSSR count). The van der Waals surface area contributed by atoms with Gasteiger partial charge in [-0.1, -0.05) is 34.1 Å². The van der Waals surface area contributed by atoms with Gasteiger partial charge in [-0.25, -0.2) is 0 Å². The van der Waals surface area contributed by atoms with E-state index in [1.165, 1.54) is 25.7 Å². The van der Waals surface area contributed by atoms with Crippen molar-refractivity contribution in [2.45, 2.75) is 91.3 Å². The molecule has 0 aromatic carbocycles. The molecular weight excluding hydrogens is 336 g/mol. The minimum absolute atomic E-state index is 0.170. The molecule has 0 bridgehead atoms. The van der Waals surface area contributed by atoms with Gasteiger partial charge in [0.25, 0.3) is 0 Å². The van der Waals surface area contributed by atoms with E-state index in [1.54, 1.807) is 0 Å². The van der Waals surface area contributed by atoms with Crippen molar-refractivity contribution in [3.63, 3.8) is 0 Å². The smallest absolute Gasteiger partial charge is 0.0605 e. The van der Waals surface area contributed by atoms with E-state index in [0.717, 1.165) is 25.7 Å². The van der Waals surface area contributed by atoms with Gasteiger partial charge in [0.05, 0.1) is 12.2 Å². The molecule has 0 radical (unpaired) electrons. The highest BCUT2D eigenvalue weighted by molar-refractivity contribution is 5.13. The second kappa shape index (κ2) is 6.99. The van der Waals surface area contributed by atoms with Crippen LogP contribution in [0.1, 0.15) is 79.1 Å². The fraction of sp³-hybridized carbons (Fsp3) is 1.00. The zero-order valence-corrected chi connectivity index (χ0v) is 17.9. The van der Waals surface area contributed by atoms with Crippen LogP contribution in [0.5, 0.6) is 0 Å². The molecule has 3 unspecified atom stereocenters. The Bertz CT molecular complexity index is 550. The molecule has 3 N–H and O–H groups in total. The van der Waals surface area contributed by atoms with Gasteiger partial charge in [0.2, 0.25) is 0 Å². The highest BCUT2D eigenvalue weighted by Gasteiger charge is 2.64. The Kier molecular flexibility index (Phi) is 5.22. The maximum Gasteiger partial charge on any atom is 0.0605 e. The Balaban J connectivity index is 1.69. The van der Waals surface area contributed by atoms with Crippen molar-refractivity contribution >= 4 is 0 Å². The zero-order valence-electron chi connectivity index (χ0n) is 17.9. The molecule has 156 valence electrons. The molecule has 0 amide bonds. The van der Waals surface area contributed by atoms with Crippen LogP contribution in [0, 0.1) is 52.3 Å². The molecule has 0 aliphatic heterocycles. The Hall–Kier alpha value is -0.120. The Morgan fingerprint density at radius 2 is 1.59 bits per heavy atom. The molecule has 0 heterocycles. The minimum atomic E-state index is -0.212. The lowest BCUT2D eigenvalue weighted by atomic mass is 9.41. The number of rotatable bonds is 3. The molecule has 4 fully saturated rings. The summed E-state index contributed by atoms with van der Waals surface area (Å²) in [4.78, 5) is 0. The van der Waals surface area contributed by atoms with Crippen molar-refractivity contribution in [2.24, 2.45) is 52.3 Å². The highest BCUT2D eigenvalue weighted by atomic mass is 16.3. The molecule has 0 spiro atoms. The largest absolute Gasteiger partial charge is 0.396 e. The third-order valence-electron chi connectivity index (χ3n) is 10.4. The summed E-state index contributed by atoms with van der Waals surface area (Å²) >= 11 is 0. The van der Waals surface area contributed by atoms with Crippen LogP contribution in [0.25, 0.3) is 0 Å². The SMILES string of the molecule is CC[C@H]1[C@@H](O)C2C3CC[C@H]([C@H](C)CO)[C@@]3(C)CCC2[C@@]2(C)CC[C@@H](O)C[C@@H]12. The first-order chi connectivity index (χ1) is 12.8. The summed E-state index contributed by atoms with van der Waals surface area (Å²) in [7, 11) is 0. The van der Waals surface area contributed by atoms with Crippen molar-refractivity contribution in [1.29, 1.82) is 0 Å². The van der Waals surface area contributed by atoms with E-state index in [2.05, 4.69) is 27.7 Å². The third kappa shape index (κ3) is 2.78. The average Bonchev–Trinajstić information content (AvgIpc) is 3.00. The molecule has 0 aromatic heterocycles. The summed E-state index contributed by atoms with van der Waals surface area (Å²) in [6, 6.07) is 0. The molecule has 0 aromatic rings. The van der Waals surface area contributed by atoms with Crippen LogP contribution < -0.4 is 0 Å². The van der Waals surface area contributed by atoms with E-state index < -0.39 is 0 Å². The molecule has 4 aliphatic carbocycles. The van der Waals surface area contributed by atoms with Crippen molar-refractivity contribution in [3.8, 4) is 0 Å². The Morgan fingerprint density at radius 3 is 2.26 bits per heavy atom. The second-order valence-corrected chi connectivity index (χ2v) is 11.3. The van der Waals surface area contributed by atoms with Crippen LogP contribution in [0.3, 0.4) is 0 Å². The number of aliphatic hydroxyl groups is 3. The van der Waals surface area contributed by atoms with Crippen molar-refractivity contribution in [1.82, 2.24) is 0 Å². The van der Waals surface area contributed by atoms with Crippen LogP contribution in [0.2, 0.25) is 0 Å². The van der Waals surface area contributed by atoms with Gasteiger partial charge in [-0.15, -0.1) is 0 Å². The van der Waals surface area contributed by atoms with E-state index >= 15 is 0 Å². The summed E-state index contributed by atoms with van der Waals surface area (Å²) < 4.78 is 0. The molecule has 4 saturated carbocycles. The van der Waals surface area contributed by atoms with Crippen LogP contribution in [-0.4, -0.2) is 34.1 Å². The van der Waals surface area contributed by atoms with E-state index in [4.69, 9.17) is 0 Å². The quantitative estimate of drug-likeness (QED) is 0.688. The Morgan fingerprint density at radius 1 is 0.926 bits per heavy atom. The summed E-state index contributed by atoms with van der Waals surface area (Å²) in [5.41, 5.74) is 0.561. The number of hydrogen-bond acceptors (Lipinski definition) is 3. The maximum absolute atomic E-state index is 11.6. The lowest BCUT2D eigenvalue weighted by Crippen LogP contribution is -2.62. The predicted molar refractivity (Wildman–Crippen MR) is 108 cm³/mol. The molecule has 27 heavy (non-hydrogen) atoms. The van der Waals surface area contributed by atoms with Gasteiger partial charge < -0.3 is 15.3 Å². The van der Waals surface area contributed by atoms with Crippen LogP contribution >= 0.6 is 0 Å².